The molecule has 24 heavy (non-hydrogen) atoms. The molecular formula is C21H28O2S. The largest absolute Gasteiger partial charge is 0.294 e. The molecule has 3 rings (SSSR count). The number of hydrogen-bond donors (Lipinski definition) is 0. The molecule has 4 atom stereocenters. The summed E-state index contributed by atoms with van der Waals surface area (Å²) in [5, 5.41) is 0.226. The molecule has 0 unspecified atom stereocenters. The van der Waals surface area contributed by atoms with E-state index in [-0.39, 0.29) is 22.2 Å². The molecule has 0 radical (unpaired) electrons. The van der Waals surface area contributed by atoms with E-state index >= 15 is 0 Å². The molecule has 0 heterocycles. The van der Waals surface area contributed by atoms with Crippen molar-refractivity contribution >= 4 is 22.7 Å². The van der Waals surface area contributed by atoms with Crippen LogP contribution >= 0.6 is 11.8 Å². The Morgan fingerprint density at radius 1 is 1.12 bits per heavy atom. The minimum Gasteiger partial charge on any atom is -0.294 e. The third-order valence-corrected chi connectivity index (χ3v) is 7.27. The third kappa shape index (κ3) is 2.85. The van der Waals surface area contributed by atoms with Crippen LogP contribution in [0.2, 0.25) is 0 Å². The van der Waals surface area contributed by atoms with Crippen molar-refractivity contribution in [1.82, 2.24) is 0 Å². The Kier molecular flexibility index (Phi) is 4.67. The van der Waals surface area contributed by atoms with E-state index in [1.807, 2.05) is 37.3 Å². The zero-order valence-electron chi connectivity index (χ0n) is 15.2. The van der Waals surface area contributed by atoms with Gasteiger partial charge in [-0.3, -0.25) is 9.59 Å². The topological polar surface area (TPSA) is 34.1 Å². The highest BCUT2D eigenvalue weighted by molar-refractivity contribution is 8.13. The molecule has 3 heteroatoms. The molecule has 2 nitrogen and oxygen atoms in total. The second kappa shape index (κ2) is 6.33. The van der Waals surface area contributed by atoms with Gasteiger partial charge in [0.15, 0.2) is 10.9 Å². The molecule has 130 valence electrons. The van der Waals surface area contributed by atoms with Crippen LogP contribution in [-0.2, 0) is 4.79 Å². The quantitative estimate of drug-likeness (QED) is 0.702. The first-order chi connectivity index (χ1) is 11.3. The number of Topliss-reactive ketones (excluding diaryl/α,β-unsaturated/α-hetero) is 1. The first-order valence-corrected chi connectivity index (χ1v) is 10.0. The molecule has 0 N–H and O–H groups in total. The fraction of sp³-hybridized carbons (Fsp3) is 0.619. The molecule has 2 fully saturated rings. The SMILES string of the molecule is CCSC(=O)[C@]1(C)[C@@H](C(=O)c2ccccc2)C[C@H]2CC(C)(C)C[C@H]21. The molecule has 1 aromatic carbocycles. The molecule has 2 saturated carbocycles. The zero-order chi connectivity index (χ0) is 17.5. The fourth-order valence-electron chi connectivity index (χ4n) is 5.22. The second-order valence-electron chi connectivity index (χ2n) is 8.46. The van der Waals surface area contributed by atoms with Crippen molar-refractivity contribution in [2.75, 3.05) is 5.75 Å². The number of hydrogen-bond acceptors (Lipinski definition) is 3. The van der Waals surface area contributed by atoms with Gasteiger partial charge in [0.1, 0.15) is 0 Å². The van der Waals surface area contributed by atoms with E-state index in [1.165, 1.54) is 11.8 Å². The van der Waals surface area contributed by atoms with Crippen LogP contribution in [0.15, 0.2) is 30.3 Å². The predicted molar refractivity (Wildman–Crippen MR) is 100 cm³/mol. The normalized spacial score (nSPS) is 34.1. The zero-order valence-corrected chi connectivity index (χ0v) is 16.0. The van der Waals surface area contributed by atoms with E-state index in [0.29, 0.717) is 11.8 Å². The van der Waals surface area contributed by atoms with Gasteiger partial charge in [-0.15, -0.1) is 0 Å². The summed E-state index contributed by atoms with van der Waals surface area (Å²) in [5.41, 5.74) is 0.517. The average Bonchev–Trinajstić information content (AvgIpc) is 3.00. The van der Waals surface area contributed by atoms with Crippen LogP contribution < -0.4 is 0 Å². The van der Waals surface area contributed by atoms with Gasteiger partial charge in [-0.1, -0.05) is 69.8 Å². The standard InChI is InChI=1S/C21H28O2S/c1-5-24-19(23)21(4)16(18(22)14-9-7-6-8-10-14)11-15-12-20(2,3)13-17(15)21/h6-10,15-17H,5,11-13H2,1-4H3/t15-,16+,17+,21+/m0/s1. The number of benzene rings is 1. The minimum absolute atomic E-state index is 0.162. The van der Waals surface area contributed by atoms with Gasteiger partial charge in [0, 0.05) is 16.9 Å². The van der Waals surface area contributed by atoms with Gasteiger partial charge in [-0.05, 0) is 42.3 Å². The maximum atomic E-state index is 13.2. The predicted octanol–water partition coefficient (Wildman–Crippen LogP) is 5.23. The van der Waals surface area contributed by atoms with Crippen molar-refractivity contribution in [1.29, 1.82) is 0 Å². The Labute approximate surface area is 149 Å². The number of carbonyl (C=O) groups is 2. The Balaban J connectivity index is 1.97. The van der Waals surface area contributed by atoms with Crippen LogP contribution in [0, 0.1) is 28.6 Å². The van der Waals surface area contributed by atoms with Crippen LogP contribution in [0.4, 0.5) is 0 Å². The Bertz CT molecular complexity index is 636. The number of thioether (sulfide) groups is 1. The highest BCUT2D eigenvalue weighted by Gasteiger charge is 2.62. The minimum atomic E-state index is -0.522. The van der Waals surface area contributed by atoms with E-state index in [2.05, 4.69) is 20.8 Å². The van der Waals surface area contributed by atoms with Gasteiger partial charge < -0.3 is 0 Å². The molecule has 0 bridgehead atoms. The summed E-state index contributed by atoms with van der Waals surface area (Å²) in [6.45, 7) is 8.70. The van der Waals surface area contributed by atoms with E-state index in [9.17, 15) is 9.59 Å². The Morgan fingerprint density at radius 3 is 2.42 bits per heavy atom. The van der Waals surface area contributed by atoms with E-state index < -0.39 is 5.41 Å². The van der Waals surface area contributed by atoms with Crippen molar-refractivity contribution in [3.05, 3.63) is 35.9 Å². The van der Waals surface area contributed by atoms with Gasteiger partial charge in [-0.25, -0.2) is 0 Å². The first kappa shape index (κ1) is 17.7. The lowest BCUT2D eigenvalue weighted by molar-refractivity contribution is -0.122. The van der Waals surface area contributed by atoms with E-state index in [4.69, 9.17) is 0 Å². The average molecular weight is 345 g/mol. The first-order valence-electron chi connectivity index (χ1n) is 9.06. The summed E-state index contributed by atoms with van der Waals surface area (Å²) in [6.07, 6.45) is 3.06. The van der Waals surface area contributed by atoms with Gasteiger partial charge in [0.25, 0.3) is 0 Å². The van der Waals surface area contributed by atoms with Crippen molar-refractivity contribution in [2.24, 2.45) is 28.6 Å². The van der Waals surface area contributed by atoms with Gasteiger partial charge in [0.05, 0.1) is 0 Å². The lowest BCUT2D eigenvalue weighted by atomic mass is 9.69. The molecule has 2 aliphatic rings. The third-order valence-electron chi connectivity index (χ3n) is 6.28. The van der Waals surface area contributed by atoms with Crippen molar-refractivity contribution < 1.29 is 9.59 Å². The lowest BCUT2D eigenvalue weighted by Crippen LogP contribution is -2.40. The summed E-state index contributed by atoms with van der Waals surface area (Å²) in [7, 11) is 0. The number of ketones is 1. The summed E-state index contributed by atoms with van der Waals surface area (Å²) >= 11 is 1.40. The highest BCUT2D eigenvalue weighted by Crippen LogP contribution is 2.64. The van der Waals surface area contributed by atoms with Crippen molar-refractivity contribution in [3.8, 4) is 0 Å². The Hall–Kier alpha value is -1.09. The molecular weight excluding hydrogens is 316 g/mol. The van der Waals surface area contributed by atoms with Gasteiger partial charge in [-0.2, -0.15) is 0 Å². The number of rotatable bonds is 4. The molecule has 1 aromatic rings. The summed E-state index contributed by atoms with van der Waals surface area (Å²) < 4.78 is 0. The molecule has 0 amide bonds. The smallest absolute Gasteiger partial charge is 0.195 e. The Morgan fingerprint density at radius 2 is 1.79 bits per heavy atom. The molecule has 0 aromatic heterocycles. The second-order valence-corrected chi connectivity index (χ2v) is 9.70. The molecule has 0 aliphatic heterocycles. The van der Waals surface area contributed by atoms with Crippen LogP contribution in [0.25, 0.3) is 0 Å². The van der Waals surface area contributed by atoms with Crippen LogP contribution in [0.1, 0.15) is 57.3 Å². The van der Waals surface area contributed by atoms with Crippen molar-refractivity contribution in [2.45, 2.75) is 47.0 Å². The maximum absolute atomic E-state index is 13.2. The van der Waals surface area contributed by atoms with Crippen molar-refractivity contribution in [3.63, 3.8) is 0 Å². The van der Waals surface area contributed by atoms with Gasteiger partial charge >= 0.3 is 0 Å². The van der Waals surface area contributed by atoms with Crippen LogP contribution in [0.5, 0.6) is 0 Å². The van der Waals surface area contributed by atoms with Gasteiger partial charge in [0.2, 0.25) is 0 Å². The maximum Gasteiger partial charge on any atom is 0.195 e. The van der Waals surface area contributed by atoms with E-state index in [1.54, 1.807) is 0 Å². The summed E-state index contributed by atoms with van der Waals surface area (Å²) in [6, 6.07) is 9.52. The fourth-order valence-corrected chi connectivity index (χ4v) is 6.08. The van der Waals surface area contributed by atoms with Crippen LogP contribution in [-0.4, -0.2) is 16.7 Å². The highest BCUT2D eigenvalue weighted by atomic mass is 32.2. The molecule has 0 saturated heterocycles. The lowest BCUT2D eigenvalue weighted by Gasteiger charge is -2.35. The molecule has 2 aliphatic carbocycles. The monoisotopic (exact) mass is 344 g/mol. The number of carbonyl (C=O) groups excluding carboxylic acids is 2. The van der Waals surface area contributed by atoms with E-state index in [0.717, 1.165) is 30.6 Å². The summed E-state index contributed by atoms with van der Waals surface area (Å²) in [5.74, 6) is 1.62. The molecule has 0 spiro atoms. The van der Waals surface area contributed by atoms with Crippen LogP contribution in [0.3, 0.4) is 0 Å². The number of fused-ring (bicyclic) bond motifs is 1. The summed E-state index contributed by atoms with van der Waals surface area (Å²) in [4.78, 5) is 26.3.